The lowest BCUT2D eigenvalue weighted by atomic mass is 10.3. The summed E-state index contributed by atoms with van der Waals surface area (Å²) in [4.78, 5) is 14.6. The van der Waals surface area contributed by atoms with E-state index >= 15 is 0 Å². The topological polar surface area (TPSA) is 84.2 Å². The SMILES string of the molecule is CCS(=O)(=O)N1CCN(c2cc(-n3ccnc3)ncn2)CC1. The Morgan fingerprint density at radius 1 is 1.14 bits per heavy atom. The Morgan fingerprint density at radius 3 is 2.50 bits per heavy atom. The minimum atomic E-state index is -3.11. The van der Waals surface area contributed by atoms with Gasteiger partial charge in [-0.1, -0.05) is 0 Å². The fourth-order valence-electron chi connectivity index (χ4n) is 2.42. The third kappa shape index (κ3) is 2.95. The normalized spacial score (nSPS) is 16.9. The smallest absolute Gasteiger partial charge is 0.213 e. The second kappa shape index (κ2) is 6.01. The Balaban J connectivity index is 1.73. The van der Waals surface area contributed by atoms with Crippen molar-refractivity contribution in [3.05, 3.63) is 31.1 Å². The molecule has 0 aromatic carbocycles. The van der Waals surface area contributed by atoms with E-state index in [1.165, 1.54) is 6.33 Å². The molecule has 0 aliphatic carbocycles. The highest BCUT2D eigenvalue weighted by Gasteiger charge is 2.26. The van der Waals surface area contributed by atoms with E-state index in [-0.39, 0.29) is 5.75 Å². The summed E-state index contributed by atoms with van der Waals surface area (Å²) in [6.45, 7) is 3.89. The van der Waals surface area contributed by atoms with Gasteiger partial charge in [-0.05, 0) is 6.92 Å². The maximum Gasteiger partial charge on any atom is 0.213 e. The molecule has 0 radical (unpaired) electrons. The van der Waals surface area contributed by atoms with Crippen molar-refractivity contribution in [2.45, 2.75) is 6.92 Å². The van der Waals surface area contributed by atoms with Gasteiger partial charge in [0.2, 0.25) is 10.0 Å². The molecule has 0 N–H and O–H groups in total. The second-order valence-corrected chi connectivity index (χ2v) is 7.25. The molecule has 3 heterocycles. The summed E-state index contributed by atoms with van der Waals surface area (Å²) in [5.74, 6) is 1.68. The number of imidazole rings is 1. The third-order valence-corrected chi connectivity index (χ3v) is 5.61. The van der Waals surface area contributed by atoms with Gasteiger partial charge < -0.3 is 4.90 Å². The maximum absolute atomic E-state index is 11.9. The van der Waals surface area contributed by atoms with Crippen molar-refractivity contribution in [2.75, 3.05) is 36.8 Å². The molecule has 2 aromatic rings. The van der Waals surface area contributed by atoms with Crippen LogP contribution < -0.4 is 4.90 Å². The van der Waals surface area contributed by atoms with Crippen LogP contribution in [0.5, 0.6) is 0 Å². The molecular formula is C13H18N6O2S. The van der Waals surface area contributed by atoms with Crippen LogP contribution in [0.25, 0.3) is 5.82 Å². The lowest BCUT2D eigenvalue weighted by molar-refractivity contribution is 0.384. The number of nitrogens with zero attached hydrogens (tertiary/aromatic N) is 6. The molecule has 0 spiro atoms. The van der Waals surface area contributed by atoms with Gasteiger partial charge in [0.15, 0.2) is 0 Å². The highest BCUT2D eigenvalue weighted by Crippen LogP contribution is 2.17. The van der Waals surface area contributed by atoms with Crippen molar-refractivity contribution in [3.8, 4) is 5.82 Å². The largest absolute Gasteiger partial charge is 0.354 e. The van der Waals surface area contributed by atoms with Crippen LogP contribution in [0.3, 0.4) is 0 Å². The van der Waals surface area contributed by atoms with Gasteiger partial charge in [0, 0.05) is 44.6 Å². The number of rotatable bonds is 4. The van der Waals surface area contributed by atoms with Crippen molar-refractivity contribution in [3.63, 3.8) is 0 Å². The number of anilines is 1. The third-order valence-electron chi connectivity index (χ3n) is 3.73. The summed E-state index contributed by atoms with van der Waals surface area (Å²) in [5, 5.41) is 0. The molecule has 1 aliphatic heterocycles. The molecule has 9 heteroatoms. The summed E-state index contributed by atoms with van der Waals surface area (Å²) in [6, 6.07) is 1.88. The molecule has 2 aromatic heterocycles. The molecule has 1 aliphatic rings. The van der Waals surface area contributed by atoms with Crippen LogP contribution in [0, 0.1) is 0 Å². The summed E-state index contributed by atoms with van der Waals surface area (Å²) in [7, 11) is -3.11. The Kier molecular flexibility index (Phi) is 4.08. The van der Waals surface area contributed by atoms with E-state index in [1.807, 2.05) is 16.8 Å². The van der Waals surface area contributed by atoms with Gasteiger partial charge in [-0.2, -0.15) is 4.31 Å². The molecule has 0 bridgehead atoms. The van der Waals surface area contributed by atoms with Gasteiger partial charge in [0.05, 0.1) is 5.75 Å². The Labute approximate surface area is 129 Å². The van der Waals surface area contributed by atoms with Crippen LogP contribution in [-0.4, -0.2) is 64.2 Å². The first-order chi connectivity index (χ1) is 10.6. The fourth-order valence-corrected chi connectivity index (χ4v) is 3.51. The lowest BCUT2D eigenvalue weighted by Gasteiger charge is -2.34. The first-order valence-electron chi connectivity index (χ1n) is 7.13. The van der Waals surface area contributed by atoms with Gasteiger partial charge in [0.25, 0.3) is 0 Å². The highest BCUT2D eigenvalue weighted by molar-refractivity contribution is 7.89. The number of sulfonamides is 1. The summed E-state index contributed by atoms with van der Waals surface area (Å²) < 4.78 is 27.1. The van der Waals surface area contributed by atoms with Gasteiger partial charge in [-0.25, -0.2) is 23.4 Å². The predicted octanol–water partition coefficient (Wildman–Crippen LogP) is 0.134. The molecular weight excluding hydrogens is 304 g/mol. The standard InChI is InChI=1S/C13H18N6O2S/c1-2-22(20,21)19-7-5-17(6-8-19)12-9-13(16-10-15-12)18-4-3-14-11-18/h3-4,9-11H,2,5-8H2,1H3. The van der Waals surface area contributed by atoms with Crippen molar-refractivity contribution in [1.82, 2.24) is 23.8 Å². The quantitative estimate of drug-likeness (QED) is 0.796. The molecule has 0 atom stereocenters. The highest BCUT2D eigenvalue weighted by atomic mass is 32.2. The molecule has 118 valence electrons. The van der Waals surface area contributed by atoms with Crippen molar-refractivity contribution >= 4 is 15.8 Å². The van der Waals surface area contributed by atoms with E-state index in [0.29, 0.717) is 26.2 Å². The second-order valence-electron chi connectivity index (χ2n) is 4.99. The summed E-state index contributed by atoms with van der Waals surface area (Å²) in [5.41, 5.74) is 0. The molecule has 3 rings (SSSR count). The molecule has 0 unspecified atom stereocenters. The first-order valence-corrected chi connectivity index (χ1v) is 8.74. The minimum absolute atomic E-state index is 0.144. The van der Waals surface area contributed by atoms with Crippen LogP contribution in [0.2, 0.25) is 0 Å². The van der Waals surface area contributed by atoms with E-state index in [2.05, 4.69) is 19.9 Å². The number of hydrogen-bond donors (Lipinski definition) is 0. The Bertz CT molecular complexity index is 723. The zero-order chi connectivity index (χ0) is 15.6. The molecule has 8 nitrogen and oxygen atoms in total. The minimum Gasteiger partial charge on any atom is -0.354 e. The van der Waals surface area contributed by atoms with Crippen molar-refractivity contribution < 1.29 is 8.42 Å². The van der Waals surface area contributed by atoms with E-state index < -0.39 is 10.0 Å². The Hall–Kier alpha value is -2.00. The first kappa shape index (κ1) is 14.9. The van der Waals surface area contributed by atoms with Crippen LogP contribution >= 0.6 is 0 Å². The monoisotopic (exact) mass is 322 g/mol. The van der Waals surface area contributed by atoms with Gasteiger partial charge in [-0.3, -0.25) is 4.57 Å². The average Bonchev–Trinajstić information content (AvgIpc) is 3.10. The van der Waals surface area contributed by atoms with Crippen LogP contribution in [-0.2, 0) is 10.0 Å². The van der Waals surface area contributed by atoms with Gasteiger partial charge in [-0.15, -0.1) is 0 Å². The lowest BCUT2D eigenvalue weighted by Crippen LogP contribution is -2.49. The number of hydrogen-bond acceptors (Lipinski definition) is 6. The number of piperazine rings is 1. The Morgan fingerprint density at radius 2 is 1.86 bits per heavy atom. The number of aromatic nitrogens is 4. The van der Waals surface area contributed by atoms with E-state index in [1.54, 1.807) is 23.8 Å². The molecule has 0 saturated carbocycles. The molecule has 1 fully saturated rings. The molecule has 22 heavy (non-hydrogen) atoms. The van der Waals surface area contributed by atoms with Crippen LogP contribution in [0.4, 0.5) is 5.82 Å². The summed E-state index contributed by atoms with van der Waals surface area (Å²) in [6.07, 6.45) is 6.70. The van der Waals surface area contributed by atoms with Crippen molar-refractivity contribution in [1.29, 1.82) is 0 Å². The predicted molar refractivity (Wildman–Crippen MR) is 82.4 cm³/mol. The zero-order valence-corrected chi connectivity index (χ0v) is 13.1. The van der Waals surface area contributed by atoms with Crippen molar-refractivity contribution in [2.24, 2.45) is 0 Å². The van der Waals surface area contributed by atoms with Crippen LogP contribution in [0.1, 0.15) is 6.92 Å². The van der Waals surface area contributed by atoms with Crippen LogP contribution in [0.15, 0.2) is 31.1 Å². The van der Waals surface area contributed by atoms with E-state index in [9.17, 15) is 8.42 Å². The maximum atomic E-state index is 11.9. The summed E-state index contributed by atoms with van der Waals surface area (Å²) >= 11 is 0. The fraction of sp³-hybridized carbons (Fsp3) is 0.462. The average molecular weight is 322 g/mol. The molecule has 1 saturated heterocycles. The zero-order valence-electron chi connectivity index (χ0n) is 12.3. The molecule has 0 amide bonds. The van der Waals surface area contributed by atoms with E-state index in [0.717, 1.165) is 11.6 Å². The van der Waals surface area contributed by atoms with Gasteiger partial charge in [0.1, 0.15) is 24.3 Å². The van der Waals surface area contributed by atoms with E-state index in [4.69, 9.17) is 0 Å². The van der Waals surface area contributed by atoms with Gasteiger partial charge >= 0.3 is 0 Å².